The van der Waals surface area contributed by atoms with Crippen LogP contribution in [0.15, 0.2) is 29.2 Å². The highest BCUT2D eigenvalue weighted by molar-refractivity contribution is 8.00. The van der Waals surface area contributed by atoms with Gasteiger partial charge in [0.05, 0.1) is 0 Å². The molecule has 0 radical (unpaired) electrons. The van der Waals surface area contributed by atoms with Crippen molar-refractivity contribution < 1.29 is 0 Å². The van der Waals surface area contributed by atoms with Gasteiger partial charge >= 0.3 is 0 Å². The molecule has 1 aromatic rings. The highest BCUT2D eigenvalue weighted by Gasteiger charge is 2.34. The van der Waals surface area contributed by atoms with Crippen LogP contribution in [-0.4, -0.2) is 5.25 Å². The van der Waals surface area contributed by atoms with E-state index in [0.717, 1.165) is 11.2 Å². The van der Waals surface area contributed by atoms with Crippen molar-refractivity contribution in [3.63, 3.8) is 0 Å². The van der Waals surface area contributed by atoms with Crippen molar-refractivity contribution in [1.29, 1.82) is 0 Å². The first-order valence-corrected chi connectivity index (χ1v) is 8.09. The summed E-state index contributed by atoms with van der Waals surface area (Å²) in [6.45, 7) is 9.47. The quantitative estimate of drug-likeness (QED) is 0.659. The van der Waals surface area contributed by atoms with E-state index in [1.165, 1.54) is 36.1 Å². The molecule has 2 rings (SSSR count). The molecule has 1 aromatic carbocycles. The first-order chi connectivity index (χ1) is 8.48. The van der Waals surface area contributed by atoms with Crippen molar-refractivity contribution in [3.05, 3.63) is 29.8 Å². The highest BCUT2D eigenvalue weighted by atomic mass is 32.2. The second-order valence-corrected chi connectivity index (χ2v) is 7.96. The van der Waals surface area contributed by atoms with Gasteiger partial charge in [-0.3, -0.25) is 0 Å². The Bertz CT molecular complexity index is 389. The Kier molecular flexibility index (Phi) is 4.42. The van der Waals surface area contributed by atoms with Gasteiger partial charge in [-0.05, 0) is 42.7 Å². The van der Waals surface area contributed by atoms with E-state index in [1.807, 2.05) is 0 Å². The molecule has 0 aliphatic heterocycles. The van der Waals surface area contributed by atoms with Crippen LogP contribution in [0.1, 0.15) is 52.0 Å². The standard InChI is InChI=1S/C17H26S/c1-13-9-5-7-11-15(13)18-16-12-8-6-10-14(16)17(2,3)4/h5,7,9,11,14,16H,6,8,10,12H2,1-4H3. The van der Waals surface area contributed by atoms with Crippen LogP contribution in [0.2, 0.25) is 0 Å². The third-order valence-corrected chi connectivity index (χ3v) is 5.77. The summed E-state index contributed by atoms with van der Waals surface area (Å²) in [5, 5.41) is 0.805. The Labute approximate surface area is 117 Å². The zero-order chi connectivity index (χ0) is 13.2. The third-order valence-electron chi connectivity index (χ3n) is 4.19. The summed E-state index contributed by atoms with van der Waals surface area (Å²) in [7, 11) is 0. The van der Waals surface area contributed by atoms with Gasteiger partial charge in [0, 0.05) is 10.1 Å². The van der Waals surface area contributed by atoms with Crippen LogP contribution in [0, 0.1) is 18.3 Å². The molecule has 0 nitrogen and oxygen atoms in total. The Hall–Kier alpha value is -0.430. The SMILES string of the molecule is Cc1ccccc1SC1CCCCC1C(C)(C)C. The van der Waals surface area contributed by atoms with E-state index in [-0.39, 0.29) is 0 Å². The molecule has 100 valence electrons. The molecule has 2 atom stereocenters. The maximum atomic E-state index is 2.41. The van der Waals surface area contributed by atoms with E-state index in [0.29, 0.717) is 5.41 Å². The molecule has 1 fully saturated rings. The summed E-state index contributed by atoms with van der Waals surface area (Å²) < 4.78 is 0. The molecule has 1 aliphatic carbocycles. The Morgan fingerprint density at radius 2 is 1.72 bits per heavy atom. The van der Waals surface area contributed by atoms with Gasteiger partial charge in [0.15, 0.2) is 0 Å². The van der Waals surface area contributed by atoms with Crippen molar-refractivity contribution in [2.24, 2.45) is 11.3 Å². The Balaban J connectivity index is 2.13. The smallest absolute Gasteiger partial charge is 0.0128 e. The average molecular weight is 262 g/mol. The molecule has 0 heterocycles. The van der Waals surface area contributed by atoms with Crippen LogP contribution in [0.4, 0.5) is 0 Å². The lowest BCUT2D eigenvalue weighted by atomic mass is 9.72. The Morgan fingerprint density at radius 1 is 1.06 bits per heavy atom. The number of hydrogen-bond acceptors (Lipinski definition) is 1. The largest absolute Gasteiger partial charge is 0.122 e. The van der Waals surface area contributed by atoms with Gasteiger partial charge in [-0.25, -0.2) is 0 Å². The van der Waals surface area contributed by atoms with Crippen LogP contribution in [-0.2, 0) is 0 Å². The molecule has 18 heavy (non-hydrogen) atoms. The van der Waals surface area contributed by atoms with E-state index >= 15 is 0 Å². The van der Waals surface area contributed by atoms with Crippen molar-refractivity contribution in [3.8, 4) is 0 Å². The summed E-state index contributed by atoms with van der Waals surface area (Å²) in [6, 6.07) is 8.83. The van der Waals surface area contributed by atoms with Crippen LogP contribution in [0.25, 0.3) is 0 Å². The monoisotopic (exact) mass is 262 g/mol. The normalized spacial score (nSPS) is 25.1. The fourth-order valence-corrected chi connectivity index (χ4v) is 4.81. The average Bonchev–Trinajstić information content (AvgIpc) is 2.31. The zero-order valence-corrected chi connectivity index (χ0v) is 13.0. The fourth-order valence-electron chi connectivity index (χ4n) is 3.08. The van der Waals surface area contributed by atoms with Crippen molar-refractivity contribution in [2.75, 3.05) is 0 Å². The highest BCUT2D eigenvalue weighted by Crippen LogP contribution is 2.45. The third kappa shape index (κ3) is 3.32. The van der Waals surface area contributed by atoms with Crippen LogP contribution < -0.4 is 0 Å². The predicted octanol–water partition coefficient (Wildman–Crippen LogP) is 5.69. The summed E-state index contributed by atoms with van der Waals surface area (Å²) in [5.74, 6) is 0.857. The van der Waals surface area contributed by atoms with E-state index in [1.54, 1.807) is 0 Å². The number of aryl methyl sites for hydroxylation is 1. The second-order valence-electron chi connectivity index (χ2n) is 6.68. The van der Waals surface area contributed by atoms with Gasteiger partial charge in [-0.15, -0.1) is 11.8 Å². The van der Waals surface area contributed by atoms with E-state index in [4.69, 9.17) is 0 Å². The number of thioether (sulfide) groups is 1. The topological polar surface area (TPSA) is 0 Å². The van der Waals surface area contributed by atoms with E-state index in [2.05, 4.69) is 63.7 Å². The minimum absolute atomic E-state index is 0.445. The van der Waals surface area contributed by atoms with Crippen LogP contribution in [0.3, 0.4) is 0 Å². The van der Waals surface area contributed by atoms with Gasteiger partial charge in [0.1, 0.15) is 0 Å². The van der Waals surface area contributed by atoms with Gasteiger partial charge in [-0.1, -0.05) is 51.8 Å². The lowest BCUT2D eigenvalue weighted by molar-refractivity contribution is 0.187. The maximum absolute atomic E-state index is 2.41. The summed E-state index contributed by atoms with van der Waals surface area (Å²) in [6.07, 6.45) is 5.64. The lowest BCUT2D eigenvalue weighted by Gasteiger charge is -2.40. The van der Waals surface area contributed by atoms with Gasteiger partial charge in [-0.2, -0.15) is 0 Å². The molecule has 0 spiro atoms. The summed E-state index contributed by atoms with van der Waals surface area (Å²) >= 11 is 2.13. The minimum atomic E-state index is 0.445. The van der Waals surface area contributed by atoms with Gasteiger partial charge in [0.25, 0.3) is 0 Å². The fraction of sp³-hybridized carbons (Fsp3) is 0.647. The van der Waals surface area contributed by atoms with Crippen molar-refractivity contribution >= 4 is 11.8 Å². The molecule has 0 saturated heterocycles. The Morgan fingerprint density at radius 3 is 2.39 bits per heavy atom. The zero-order valence-electron chi connectivity index (χ0n) is 12.2. The molecule has 1 heteroatoms. The van der Waals surface area contributed by atoms with Crippen molar-refractivity contribution in [1.82, 2.24) is 0 Å². The lowest BCUT2D eigenvalue weighted by Crippen LogP contribution is -2.32. The molecule has 0 bridgehead atoms. The predicted molar refractivity (Wildman–Crippen MR) is 82.2 cm³/mol. The van der Waals surface area contributed by atoms with Crippen molar-refractivity contribution in [2.45, 2.75) is 63.5 Å². The minimum Gasteiger partial charge on any atom is -0.122 e. The molecular weight excluding hydrogens is 236 g/mol. The summed E-state index contributed by atoms with van der Waals surface area (Å²) in [5.41, 5.74) is 1.88. The molecule has 1 saturated carbocycles. The number of hydrogen-bond donors (Lipinski definition) is 0. The number of benzene rings is 1. The number of rotatable bonds is 2. The molecule has 0 amide bonds. The first kappa shape index (κ1) is 14.0. The summed E-state index contributed by atoms with van der Waals surface area (Å²) in [4.78, 5) is 1.48. The molecule has 0 N–H and O–H groups in total. The van der Waals surface area contributed by atoms with Crippen LogP contribution >= 0.6 is 11.8 Å². The van der Waals surface area contributed by atoms with Crippen LogP contribution in [0.5, 0.6) is 0 Å². The molecule has 1 aliphatic rings. The second kappa shape index (κ2) is 5.69. The van der Waals surface area contributed by atoms with Gasteiger partial charge in [0.2, 0.25) is 0 Å². The molecular formula is C17H26S. The van der Waals surface area contributed by atoms with E-state index < -0.39 is 0 Å². The van der Waals surface area contributed by atoms with E-state index in [9.17, 15) is 0 Å². The molecule has 0 aromatic heterocycles. The van der Waals surface area contributed by atoms with Gasteiger partial charge < -0.3 is 0 Å². The first-order valence-electron chi connectivity index (χ1n) is 7.21. The maximum Gasteiger partial charge on any atom is 0.0128 e. The molecule has 2 unspecified atom stereocenters.